The van der Waals surface area contributed by atoms with Gasteiger partial charge in [-0.25, -0.2) is 4.39 Å². The van der Waals surface area contributed by atoms with Crippen molar-refractivity contribution >= 4 is 17.2 Å². The predicted octanol–water partition coefficient (Wildman–Crippen LogP) is 2.13. The number of aryl methyl sites for hydroxylation is 2. The molecular formula is C16H21FN4OS. The lowest BCUT2D eigenvalue weighted by Crippen LogP contribution is -2.39. The summed E-state index contributed by atoms with van der Waals surface area (Å²) < 4.78 is 15.6. The van der Waals surface area contributed by atoms with Crippen molar-refractivity contribution in [2.45, 2.75) is 32.1 Å². The molecule has 3 rings (SSSR count). The van der Waals surface area contributed by atoms with Crippen molar-refractivity contribution in [2.75, 3.05) is 13.1 Å². The Morgan fingerprint density at radius 3 is 3.00 bits per heavy atom. The van der Waals surface area contributed by atoms with Gasteiger partial charge in [-0.15, -0.1) is 0 Å². The summed E-state index contributed by atoms with van der Waals surface area (Å²) in [4.78, 5) is 14.3. The maximum atomic E-state index is 13.8. The highest BCUT2D eigenvalue weighted by Gasteiger charge is 2.32. The van der Waals surface area contributed by atoms with Crippen LogP contribution in [-0.4, -0.2) is 45.9 Å². The Bertz CT molecular complexity index is 683. The summed E-state index contributed by atoms with van der Waals surface area (Å²) in [6, 6.07) is 0.0214. The van der Waals surface area contributed by atoms with Gasteiger partial charge < -0.3 is 5.32 Å². The predicted molar refractivity (Wildman–Crippen MR) is 88.3 cm³/mol. The Kier molecular flexibility index (Phi) is 4.77. The number of nitrogens with one attached hydrogen (secondary N) is 1. The molecule has 1 aliphatic rings. The van der Waals surface area contributed by atoms with Gasteiger partial charge in [0.25, 0.3) is 5.91 Å². The van der Waals surface area contributed by atoms with Gasteiger partial charge in [-0.2, -0.15) is 16.4 Å². The Balaban J connectivity index is 1.59. The van der Waals surface area contributed by atoms with E-state index in [1.54, 1.807) is 10.9 Å². The van der Waals surface area contributed by atoms with Crippen LogP contribution in [-0.2, 0) is 13.6 Å². The summed E-state index contributed by atoms with van der Waals surface area (Å²) in [6.07, 6.45) is 3.37. The number of aromatic nitrogens is 2. The third kappa shape index (κ3) is 3.79. The summed E-state index contributed by atoms with van der Waals surface area (Å²) in [5, 5.41) is 10.9. The number of amides is 1. The van der Waals surface area contributed by atoms with Gasteiger partial charge in [0.1, 0.15) is 6.17 Å². The molecule has 3 heterocycles. The topological polar surface area (TPSA) is 50.2 Å². The highest BCUT2D eigenvalue weighted by molar-refractivity contribution is 7.08. The fourth-order valence-electron chi connectivity index (χ4n) is 3.02. The van der Waals surface area contributed by atoms with Crippen LogP contribution in [0.5, 0.6) is 0 Å². The highest BCUT2D eigenvalue weighted by atomic mass is 32.1. The number of hydrogen-bond acceptors (Lipinski definition) is 4. The quantitative estimate of drug-likeness (QED) is 0.910. The zero-order valence-corrected chi connectivity index (χ0v) is 14.1. The van der Waals surface area contributed by atoms with Crippen molar-refractivity contribution in [1.29, 1.82) is 0 Å². The fourth-order valence-corrected chi connectivity index (χ4v) is 3.84. The van der Waals surface area contributed by atoms with Gasteiger partial charge in [0.15, 0.2) is 0 Å². The Morgan fingerprint density at radius 1 is 1.52 bits per heavy atom. The summed E-state index contributed by atoms with van der Waals surface area (Å²) in [5.74, 6) is -0.0765. The minimum absolute atomic E-state index is 0.0214. The van der Waals surface area contributed by atoms with Crippen LogP contribution in [0.1, 0.15) is 27.9 Å². The molecule has 124 valence electrons. The Hall–Kier alpha value is -1.73. The molecule has 5 nitrogen and oxygen atoms in total. The van der Waals surface area contributed by atoms with Gasteiger partial charge in [0.05, 0.1) is 11.8 Å². The van der Waals surface area contributed by atoms with Gasteiger partial charge in [-0.3, -0.25) is 14.4 Å². The number of carbonyl (C=O) groups excluding carboxylic acids is 1. The molecule has 0 spiro atoms. The van der Waals surface area contributed by atoms with Crippen molar-refractivity contribution in [3.05, 3.63) is 39.8 Å². The van der Waals surface area contributed by atoms with Crippen LogP contribution in [0.3, 0.4) is 0 Å². The van der Waals surface area contributed by atoms with Crippen LogP contribution in [0.4, 0.5) is 4.39 Å². The summed E-state index contributed by atoms with van der Waals surface area (Å²) in [5.41, 5.74) is 2.75. The second-order valence-electron chi connectivity index (χ2n) is 6.12. The van der Waals surface area contributed by atoms with Crippen molar-refractivity contribution < 1.29 is 9.18 Å². The normalized spacial score (nSPS) is 21.7. The molecule has 1 amide bonds. The van der Waals surface area contributed by atoms with E-state index < -0.39 is 6.17 Å². The van der Waals surface area contributed by atoms with Crippen molar-refractivity contribution in [3.63, 3.8) is 0 Å². The molecule has 7 heteroatoms. The lowest BCUT2D eigenvalue weighted by molar-refractivity contribution is 0.0939. The van der Waals surface area contributed by atoms with Crippen LogP contribution >= 0.6 is 11.3 Å². The van der Waals surface area contributed by atoms with Gasteiger partial charge in [0.2, 0.25) is 0 Å². The molecular weight excluding hydrogens is 315 g/mol. The fraction of sp³-hybridized carbons (Fsp3) is 0.500. The van der Waals surface area contributed by atoms with E-state index in [4.69, 9.17) is 0 Å². The van der Waals surface area contributed by atoms with Gasteiger partial charge in [0, 0.05) is 49.9 Å². The molecule has 2 aromatic heterocycles. The summed E-state index contributed by atoms with van der Waals surface area (Å²) in [6.45, 7) is 3.46. The first-order valence-corrected chi connectivity index (χ1v) is 8.64. The molecule has 0 aromatic carbocycles. The number of alkyl halides is 1. The van der Waals surface area contributed by atoms with Crippen LogP contribution in [0.15, 0.2) is 23.2 Å². The minimum Gasteiger partial charge on any atom is -0.350 e. The molecule has 1 N–H and O–H groups in total. The molecule has 0 aliphatic carbocycles. The zero-order chi connectivity index (χ0) is 16.4. The average Bonchev–Trinajstić information content (AvgIpc) is 3.18. The molecule has 1 aliphatic heterocycles. The monoisotopic (exact) mass is 336 g/mol. The average molecular weight is 336 g/mol. The molecule has 23 heavy (non-hydrogen) atoms. The van der Waals surface area contributed by atoms with Crippen LogP contribution in [0.25, 0.3) is 0 Å². The Labute approximate surface area is 139 Å². The smallest absolute Gasteiger partial charge is 0.252 e. The Morgan fingerprint density at radius 2 is 2.35 bits per heavy atom. The van der Waals surface area contributed by atoms with Crippen molar-refractivity contribution in [3.8, 4) is 0 Å². The van der Waals surface area contributed by atoms with Crippen LogP contribution in [0.2, 0.25) is 0 Å². The molecule has 0 bridgehead atoms. The van der Waals surface area contributed by atoms with E-state index >= 15 is 0 Å². The number of carbonyl (C=O) groups is 1. The van der Waals surface area contributed by atoms with Crippen LogP contribution < -0.4 is 5.32 Å². The highest BCUT2D eigenvalue weighted by Crippen LogP contribution is 2.22. The van der Waals surface area contributed by atoms with E-state index in [-0.39, 0.29) is 11.9 Å². The SMILES string of the molecule is Cc1cscc1C(=O)NC[C@@H]1C[C@H](F)CN1Cc1cnn(C)c1. The summed E-state index contributed by atoms with van der Waals surface area (Å²) in [7, 11) is 1.87. The first kappa shape index (κ1) is 16.1. The van der Waals surface area contributed by atoms with Crippen molar-refractivity contribution in [2.24, 2.45) is 7.05 Å². The third-order valence-corrected chi connectivity index (χ3v) is 5.08. The first-order valence-electron chi connectivity index (χ1n) is 7.69. The van der Waals surface area contributed by atoms with E-state index in [1.807, 2.05) is 30.9 Å². The third-order valence-electron chi connectivity index (χ3n) is 4.22. The lowest BCUT2D eigenvalue weighted by Gasteiger charge is -2.23. The molecule has 0 radical (unpaired) electrons. The van der Waals surface area contributed by atoms with E-state index in [0.29, 0.717) is 31.6 Å². The lowest BCUT2D eigenvalue weighted by atomic mass is 10.1. The van der Waals surface area contributed by atoms with Gasteiger partial charge in [-0.05, 0) is 24.3 Å². The maximum Gasteiger partial charge on any atom is 0.252 e. The minimum atomic E-state index is -0.837. The number of likely N-dealkylation sites (tertiary alicyclic amines) is 1. The van der Waals surface area contributed by atoms with Gasteiger partial charge >= 0.3 is 0 Å². The van der Waals surface area contributed by atoms with Crippen LogP contribution in [0, 0.1) is 6.92 Å². The largest absolute Gasteiger partial charge is 0.350 e. The number of rotatable bonds is 5. The second kappa shape index (κ2) is 6.80. The molecule has 1 fully saturated rings. The van der Waals surface area contributed by atoms with Gasteiger partial charge in [-0.1, -0.05) is 0 Å². The van der Waals surface area contributed by atoms with E-state index in [9.17, 15) is 9.18 Å². The number of nitrogens with zero attached hydrogens (tertiary/aromatic N) is 3. The van der Waals surface area contributed by atoms with E-state index in [0.717, 1.165) is 11.1 Å². The summed E-state index contributed by atoms with van der Waals surface area (Å²) >= 11 is 1.52. The molecule has 0 unspecified atom stereocenters. The number of thiophene rings is 1. The molecule has 0 saturated carbocycles. The molecule has 2 atom stereocenters. The maximum absolute atomic E-state index is 13.8. The number of halogens is 1. The molecule has 1 saturated heterocycles. The standard InChI is InChI=1S/C16H21FN4OS/c1-11-9-23-10-15(11)16(22)18-5-14-3-13(17)8-21(14)7-12-4-19-20(2)6-12/h4,6,9-10,13-14H,3,5,7-8H2,1-2H3,(H,18,22)/t13-,14-/m0/s1. The second-order valence-corrected chi connectivity index (χ2v) is 6.86. The van der Waals surface area contributed by atoms with E-state index in [2.05, 4.69) is 15.3 Å². The number of hydrogen-bond donors (Lipinski definition) is 1. The molecule has 2 aromatic rings. The van der Waals surface area contributed by atoms with E-state index in [1.165, 1.54) is 11.3 Å². The first-order chi connectivity index (χ1) is 11.0. The zero-order valence-electron chi connectivity index (χ0n) is 13.3. The van der Waals surface area contributed by atoms with Crippen molar-refractivity contribution in [1.82, 2.24) is 20.0 Å².